The number of aryl methyl sites for hydroxylation is 1. The lowest BCUT2D eigenvalue weighted by Crippen LogP contribution is -2.40. The van der Waals surface area contributed by atoms with E-state index in [0.717, 1.165) is 32.8 Å². The summed E-state index contributed by atoms with van der Waals surface area (Å²) in [5.74, 6) is 0.218. The van der Waals surface area contributed by atoms with E-state index in [1.165, 1.54) is 22.7 Å². The monoisotopic (exact) mass is 442 g/mol. The van der Waals surface area contributed by atoms with Crippen LogP contribution in [0.3, 0.4) is 0 Å². The number of thiophene rings is 1. The largest absolute Gasteiger partial charge is 0.378 e. The van der Waals surface area contributed by atoms with Gasteiger partial charge in [-0.05, 0) is 25.0 Å². The summed E-state index contributed by atoms with van der Waals surface area (Å²) in [5.41, 5.74) is 3.55. The first kappa shape index (κ1) is 19.6. The standard InChI is InChI=1S/C21H22N4O3S2/c1-13-17(29-12-23-13)20(26)25-6-4-14(11-25)16-15-3-2-5-22-19(15)30-18(16)21(27)24-7-9-28-10-8-24/h2-3,5,12,14H,4,6-11H2,1H3. The van der Waals surface area contributed by atoms with Gasteiger partial charge in [0.2, 0.25) is 0 Å². The number of aromatic nitrogens is 2. The number of nitrogens with zero attached hydrogens (tertiary/aromatic N) is 4. The number of carbonyl (C=O) groups excluding carboxylic acids is 2. The number of morpholine rings is 1. The molecule has 9 heteroatoms. The lowest BCUT2D eigenvalue weighted by Gasteiger charge is -2.27. The zero-order valence-corrected chi connectivity index (χ0v) is 18.3. The fraction of sp³-hybridized carbons (Fsp3) is 0.429. The maximum atomic E-state index is 13.4. The molecule has 1 atom stereocenters. The minimum absolute atomic E-state index is 0.0382. The van der Waals surface area contributed by atoms with Crippen LogP contribution < -0.4 is 0 Å². The molecule has 0 N–H and O–H groups in total. The van der Waals surface area contributed by atoms with Crippen molar-refractivity contribution >= 4 is 44.7 Å². The summed E-state index contributed by atoms with van der Waals surface area (Å²) in [5, 5.41) is 1.03. The number of hydrogen-bond donors (Lipinski definition) is 0. The normalized spacial score (nSPS) is 19.6. The lowest BCUT2D eigenvalue weighted by molar-refractivity contribution is 0.0305. The van der Waals surface area contributed by atoms with Crippen molar-refractivity contribution < 1.29 is 14.3 Å². The molecule has 0 aliphatic carbocycles. The second-order valence-electron chi connectivity index (χ2n) is 7.61. The van der Waals surface area contributed by atoms with Crippen LogP contribution >= 0.6 is 22.7 Å². The van der Waals surface area contributed by atoms with E-state index in [1.807, 2.05) is 28.9 Å². The average Bonchev–Trinajstić information content (AvgIpc) is 3.51. The van der Waals surface area contributed by atoms with E-state index >= 15 is 0 Å². The van der Waals surface area contributed by atoms with Crippen LogP contribution in [0.25, 0.3) is 10.2 Å². The van der Waals surface area contributed by atoms with E-state index in [-0.39, 0.29) is 17.7 Å². The lowest BCUT2D eigenvalue weighted by atomic mass is 9.95. The minimum atomic E-state index is 0.0382. The van der Waals surface area contributed by atoms with Crippen molar-refractivity contribution in [2.24, 2.45) is 0 Å². The molecular formula is C21H22N4O3S2. The molecule has 3 aromatic rings. The molecule has 3 aromatic heterocycles. The molecule has 0 aromatic carbocycles. The fourth-order valence-electron chi connectivity index (χ4n) is 4.26. The number of amides is 2. The molecule has 0 saturated carbocycles. The number of ether oxygens (including phenoxy) is 1. The molecule has 7 nitrogen and oxygen atoms in total. The third-order valence-electron chi connectivity index (χ3n) is 5.82. The first-order valence-corrected chi connectivity index (χ1v) is 11.8. The number of likely N-dealkylation sites (tertiary alicyclic amines) is 1. The molecule has 2 fully saturated rings. The van der Waals surface area contributed by atoms with Gasteiger partial charge in [-0.1, -0.05) is 6.07 Å². The van der Waals surface area contributed by atoms with Gasteiger partial charge in [-0.3, -0.25) is 9.59 Å². The number of hydrogen-bond acceptors (Lipinski definition) is 7. The predicted molar refractivity (Wildman–Crippen MR) is 116 cm³/mol. The highest BCUT2D eigenvalue weighted by Gasteiger charge is 2.35. The van der Waals surface area contributed by atoms with Crippen LogP contribution in [0, 0.1) is 6.92 Å². The summed E-state index contributed by atoms with van der Waals surface area (Å²) in [6, 6.07) is 3.96. The summed E-state index contributed by atoms with van der Waals surface area (Å²) >= 11 is 2.86. The third-order valence-corrected chi connectivity index (χ3v) is 7.85. The predicted octanol–water partition coefficient (Wildman–Crippen LogP) is 3.16. The Kier molecular flexibility index (Phi) is 5.26. The summed E-state index contributed by atoms with van der Waals surface area (Å²) in [4.78, 5) is 41.2. The van der Waals surface area contributed by atoms with Gasteiger partial charge in [0.1, 0.15) is 9.71 Å². The van der Waals surface area contributed by atoms with Crippen LogP contribution in [0.1, 0.15) is 42.9 Å². The Labute approximate surface area is 182 Å². The van der Waals surface area contributed by atoms with Crippen LogP contribution in [0.2, 0.25) is 0 Å². The number of fused-ring (bicyclic) bond motifs is 1. The van der Waals surface area contributed by atoms with E-state index < -0.39 is 0 Å². The van der Waals surface area contributed by atoms with Crippen molar-refractivity contribution in [1.29, 1.82) is 0 Å². The molecule has 2 saturated heterocycles. The summed E-state index contributed by atoms with van der Waals surface area (Å²) in [6.07, 6.45) is 2.61. The zero-order chi connectivity index (χ0) is 20.7. The van der Waals surface area contributed by atoms with Crippen molar-refractivity contribution in [2.45, 2.75) is 19.3 Å². The highest BCUT2D eigenvalue weighted by molar-refractivity contribution is 7.20. The SMILES string of the molecule is Cc1ncsc1C(=O)N1CCC(c2c(C(=O)N3CCOCC3)sc3ncccc23)C1. The van der Waals surface area contributed by atoms with Crippen molar-refractivity contribution in [1.82, 2.24) is 19.8 Å². The molecule has 156 valence electrons. The molecule has 2 amide bonds. The molecule has 2 aliphatic heterocycles. The Morgan fingerprint density at radius 1 is 1.10 bits per heavy atom. The Balaban J connectivity index is 1.47. The first-order chi connectivity index (χ1) is 14.6. The smallest absolute Gasteiger partial charge is 0.265 e. The highest BCUT2D eigenvalue weighted by atomic mass is 32.1. The second kappa shape index (κ2) is 8.05. The summed E-state index contributed by atoms with van der Waals surface area (Å²) in [7, 11) is 0. The van der Waals surface area contributed by atoms with Crippen LogP contribution in [0.4, 0.5) is 0 Å². The van der Waals surface area contributed by atoms with Crippen molar-refractivity contribution in [2.75, 3.05) is 39.4 Å². The van der Waals surface area contributed by atoms with Crippen LogP contribution in [-0.4, -0.2) is 71.0 Å². The van der Waals surface area contributed by atoms with Crippen molar-refractivity contribution in [3.8, 4) is 0 Å². The van der Waals surface area contributed by atoms with Crippen LogP contribution in [-0.2, 0) is 4.74 Å². The average molecular weight is 443 g/mol. The maximum Gasteiger partial charge on any atom is 0.265 e. The topological polar surface area (TPSA) is 75.6 Å². The molecule has 0 radical (unpaired) electrons. The van der Waals surface area contributed by atoms with Crippen LogP contribution in [0.5, 0.6) is 0 Å². The van der Waals surface area contributed by atoms with Gasteiger partial charge in [-0.25, -0.2) is 9.97 Å². The molecule has 1 unspecified atom stereocenters. The maximum absolute atomic E-state index is 13.4. The third kappa shape index (κ3) is 3.40. The van der Waals surface area contributed by atoms with Crippen LogP contribution in [0.15, 0.2) is 23.8 Å². The van der Waals surface area contributed by atoms with E-state index in [2.05, 4.69) is 9.97 Å². The second-order valence-corrected chi connectivity index (χ2v) is 9.46. The van der Waals surface area contributed by atoms with Gasteiger partial charge in [0, 0.05) is 43.7 Å². The Bertz CT molecular complexity index is 1100. The van der Waals surface area contributed by atoms with E-state index in [9.17, 15) is 9.59 Å². The molecule has 5 rings (SSSR count). The molecule has 0 bridgehead atoms. The number of carbonyl (C=O) groups is 2. The molecule has 5 heterocycles. The molecular weight excluding hydrogens is 420 g/mol. The van der Waals surface area contributed by atoms with Gasteiger partial charge in [0.05, 0.1) is 29.3 Å². The van der Waals surface area contributed by atoms with E-state index in [0.29, 0.717) is 44.3 Å². The van der Waals surface area contributed by atoms with Gasteiger partial charge >= 0.3 is 0 Å². The molecule has 2 aliphatic rings. The van der Waals surface area contributed by atoms with Gasteiger partial charge in [0.25, 0.3) is 11.8 Å². The highest BCUT2D eigenvalue weighted by Crippen LogP contribution is 2.40. The summed E-state index contributed by atoms with van der Waals surface area (Å²) < 4.78 is 5.41. The number of thiazole rings is 1. The van der Waals surface area contributed by atoms with E-state index in [4.69, 9.17) is 4.74 Å². The fourth-order valence-corrected chi connectivity index (χ4v) is 6.22. The zero-order valence-electron chi connectivity index (χ0n) is 16.7. The Hall–Kier alpha value is -2.36. The molecule has 0 spiro atoms. The minimum Gasteiger partial charge on any atom is -0.378 e. The van der Waals surface area contributed by atoms with Gasteiger partial charge in [-0.15, -0.1) is 22.7 Å². The molecule has 30 heavy (non-hydrogen) atoms. The van der Waals surface area contributed by atoms with Crippen molar-refractivity contribution in [3.63, 3.8) is 0 Å². The Morgan fingerprint density at radius 3 is 2.67 bits per heavy atom. The van der Waals surface area contributed by atoms with E-state index in [1.54, 1.807) is 11.7 Å². The Morgan fingerprint density at radius 2 is 1.90 bits per heavy atom. The number of pyridine rings is 1. The quantitative estimate of drug-likeness (QED) is 0.623. The van der Waals surface area contributed by atoms with Gasteiger partial charge in [0.15, 0.2) is 0 Å². The number of rotatable bonds is 3. The summed E-state index contributed by atoms with van der Waals surface area (Å²) in [6.45, 7) is 5.53. The van der Waals surface area contributed by atoms with Crippen molar-refractivity contribution in [3.05, 3.63) is 44.9 Å². The van der Waals surface area contributed by atoms with Gasteiger partial charge < -0.3 is 14.5 Å². The van der Waals surface area contributed by atoms with Gasteiger partial charge in [-0.2, -0.15) is 0 Å². The first-order valence-electron chi connectivity index (χ1n) is 10.1.